The number of nitrogens with zero attached hydrogens (tertiary/aromatic N) is 1. The topological polar surface area (TPSA) is 51.2 Å². The van der Waals surface area contributed by atoms with E-state index in [1.54, 1.807) is 6.07 Å². The maximum Gasteiger partial charge on any atom is 0.139 e. The Labute approximate surface area is 89.1 Å². The minimum Gasteiger partial charge on any atom is -0.506 e. The molecule has 0 fully saturated rings. The van der Waals surface area contributed by atoms with Crippen molar-refractivity contribution in [1.82, 2.24) is 4.57 Å². The number of aromatic hydroxyl groups is 1. The molecule has 2 rings (SSSR count). The van der Waals surface area contributed by atoms with Gasteiger partial charge in [-0.3, -0.25) is 0 Å². The third-order valence-electron chi connectivity index (χ3n) is 2.69. The zero-order valence-electron chi connectivity index (χ0n) is 8.90. The Kier molecular flexibility index (Phi) is 2.64. The van der Waals surface area contributed by atoms with E-state index in [1.807, 2.05) is 12.1 Å². The van der Waals surface area contributed by atoms with Gasteiger partial charge in [0.2, 0.25) is 0 Å². The Balaban J connectivity index is 2.55. The molecule has 0 saturated carbocycles. The standard InChI is InChI=1S/C12H16N2O/c1-9-8-10-4-2-5-11(15)12(10)14(9)7-3-6-13/h2,4-5,8,15H,3,6-7,13H2,1H3. The van der Waals surface area contributed by atoms with Crippen LogP contribution in [0.4, 0.5) is 0 Å². The smallest absolute Gasteiger partial charge is 0.139 e. The average Bonchev–Trinajstić information content (AvgIpc) is 2.53. The Bertz CT molecular complexity index is 474. The Morgan fingerprint density at radius 2 is 2.20 bits per heavy atom. The Morgan fingerprint density at radius 3 is 2.93 bits per heavy atom. The minimum absolute atomic E-state index is 0.345. The summed E-state index contributed by atoms with van der Waals surface area (Å²) in [6.45, 7) is 3.59. The number of aryl methyl sites for hydroxylation is 2. The zero-order valence-corrected chi connectivity index (χ0v) is 8.90. The van der Waals surface area contributed by atoms with Gasteiger partial charge in [0, 0.05) is 17.6 Å². The van der Waals surface area contributed by atoms with Gasteiger partial charge in [-0.2, -0.15) is 0 Å². The molecule has 0 aliphatic heterocycles. The molecule has 3 nitrogen and oxygen atoms in total. The predicted octanol–water partition coefficient (Wildman–Crippen LogP) is 2.00. The van der Waals surface area contributed by atoms with Crippen molar-refractivity contribution in [3.8, 4) is 5.75 Å². The fraction of sp³-hybridized carbons (Fsp3) is 0.333. The number of fused-ring (bicyclic) bond motifs is 1. The fourth-order valence-electron chi connectivity index (χ4n) is 1.98. The number of aromatic nitrogens is 1. The first kappa shape index (κ1) is 10.1. The Morgan fingerprint density at radius 1 is 1.40 bits per heavy atom. The summed E-state index contributed by atoms with van der Waals surface area (Å²) in [5, 5.41) is 10.9. The lowest BCUT2D eigenvalue weighted by Gasteiger charge is -2.07. The molecule has 0 aliphatic carbocycles. The molecule has 80 valence electrons. The lowest BCUT2D eigenvalue weighted by molar-refractivity contribution is 0.476. The second kappa shape index (κ2) is 3.95. The summed E-state index contributed by atoms with van der Waals surface area (Å²) >= 11 is 0. The van der Waals surface area contributed by atoms with Crippen LogP contribution in [-0.2, 0) is 6.54 Å². The Hall–Kier alpha value is -1.48. The molecule has 0 bridgehead atoms. The van der Waals surface area contributed by atoms with Crippen LogP contribution in [0.3, 0.4) is 0 Å². The first-order valence-corrected chi connectivity index (χ1v) is 5.22. The monoisotopic (exact) mass is 204 g/mol. The first-order chi connectivity index (χ1) is 7.24. The van der Waals surface area contributed by atoms with Gasteiger partial charge in [0.05, 0.1) is 5.52 Å². The van der Waals surface area contributed by atoms with Crippen molar-refractivity contribution >= 4 is 10.9 Å². The van der Waals surface area contributed by atoms with E-state index in [0.717, 1.165) is 23.9 Å². The van der Waals surface area contributed by atoms with Gasteiger partial charge in [-0.25, -0.2) is 0 Å². The summed E-state index contributed by atoms with van der Waals surface area (Å²) in [5.74, 6) is 0.345. The molecule has 0 spiro atoms. The van der Waals surface area contributed by atoms with Crippen molar-refractivity contribution in [1.29, 1.82) is 0 Å². The first-order valence-electron chi connectivity index (χ1n) is 5.22. The highest BCUT2D eigenvalue weighted by Gasteiger charge is 2.08. The van der Waals surface area contributed by atoms with Gasteiger partial charge in [-0.05, 0) is 32.0 Å². The van der Waals surface area contributed by atoms with Crippen LogP contribution >= 0.6 is 0 Å². The molecule has 3 N–H and O–H groups in total. The van der Waals surface area contributed by atoms with Crippen molar-refractivity contribution in [2.24, 2.45) is 5.73 Å². The summed E-state index contributed by atoms with van der Waals surface area (Å²) in [7, 11) is 0. The highest BCUT2D eigenvalue weighted by molar-refractivity contribution is 5.86. The predicted molar refractivity (Wildman–Crippen MR) is 62.0 cm³/mol. The van der Waals surface area contributed by atoms with E-state index in [-0.39, 0.29) is 0 Å². The largest absolute Gasteiger partial charge is 0.506 e. The van der Waals surface area contributed by atoms with Gasteiger partial charge < -0.3 is 15.4 Å². The molecule has 0 saturated heterocycles. The van der Waals surface area contributed by atoms with E-state index in [1.165, 1.54) is 5.69 Å². The number of nitrogens with two attached hydrogens (primary N) is 1. The van der Waals surface area contributed by atoms with Crippen molar-refractivity contribution in [3.63, 3.8) is 0 Å². The van der Waals surface area contributed by atoms with Crippen LogP contribution in [0, 0.1) is 6.92 Å². The van der Waals surface area contributed by atoms with Crippen LogP contribution in [0.2, 0.25) is 0 Å². The van der Waals surface area contributed by atoms with Crippen molar-refractivity contribution < 1.29 is 5.11 Å². The van der Waals surface area contributed by atoms with E-state index >= 15 is 0 Å². The van der Waals surface area contributed by atoms with Crippen LogP contribution < -0.4 is 5.73 Å². The number of benzene rings is 1. The van der Waals surface area contributed by atoms with Crippen LogP contribution in [0.1, 0.15) is 12.1 Å². The zero-order chi connectivity index (χ0) is 10.8. The van der Waals surface area contributed by atoms with Crippen molar-refractivity contribution in [2.45, 2.75) is 19.9 Å². The number of phenols is 1. The van der Waals surface area contributed by atoms with E-state index in [2.05, 4.69) is 17.6 Å². The third kappa shape index (κ3) is 1.70. The van der Waals surface area contributed by atoms with E-state index in [4.69, 9.17) is 5.73 Å². The SMILES string of the molecule is Cc1cc2cccc(O)c2n1CCCN. The maximum atomic E-state index is 9.81. The number of rotatable bonds is 3. The molecule has 1 heterocycles. The summed E-state index contributed by atoms with van der Waals surface area (Å²) in [5.41, 5.74) is 7.59. The summed E-state index contributed by atoms with van der Waals surface area (Å²) in [6.07, 6.45) is 0.930. The van der Waals surface area contributed by atoms with Gasteiger partial charge in [0.1, 0.15) is 5.75 Å². The van der Waals surface area contributed by atoms with Gasteiger partial charge in [-0.15, -0.1) is 0 Å². The third-order valence-corrected chi connectivity index (χ3v) is 2.69. The van der Waals surface area contributed by atoms with Crippen molar-refractivity contribution in [2.75, 3.05) is 6.54 Å². The van der Waals surface area contributed by atoms with Gasteiger partial charge >= 0.3 is 0 Å². The number of para-hydroxylation sites is 1. The molecule has 0 amide bonds. The normalized spacial score (nSPS) is 11.1. The van der Waals surface area contributed by atoms with Crippen LogP contribution in [0.5, 0.6) is 5.75 Å². The second-order valence-corrected chi connectivity index (χ2v) is 3.79. The molecule has 3 heteroatoms. The van der Waals surface area contributed by atoms with E-state index in [0.29, 0.717) is 12.3 Å². The van der Waals surface area contributed by atoms with Crippen molar-refractivity contribution in [3.05, 3.63) is 30.0 Å². The molecule has 1 aromatic heterocycles. The molecule has 2 aromatic rings. The highest BCUT2D eigenvalue weighted by atomic mass is 16.3. The average molecular weight is 204 g/mol. The maximum absolute atomic E-state index is 9.81. The lowest BCUT2D eigenvalue weighted by atomic mass is 10.2. The van der Waals surface area contributed by atoms with Gasteiger partial charge in [-0.1, -0.05) is 12.1 Å². The van der Waals surface area contributed by atoms with E-state index < -0.39 is 0 Å². The van der Waals surface area contributed by atoms with Crippen LogP contribution in [0.15, 0.2) is 24.3 Å². The van der Waals surface area contributed by atoms with Gasteiger partial charge in [0.15, 0.2) is 0 Å². The molecule has 0 radical (unpaired) electrons. The van der Waals surface area contributed by atoms with E-state index in [9.17, 15) is 5.11 Å². The van der Waals surface area contributed by atoms with Crippen LogP contribution in [-0.4, -0.2) is 16.2 Å². The lowest BCUT2D eigenvalue weighted by Crippen LogP contribution is -2.06. The fourth-order valence-corrected chi connectivity index (χ4v) is 1.98. The number of hydrogen-bond acceptors (Lipinski definition) is 2. The summed E-state index contributed by atoms with van der Waals surface area (Å²) in [6, 6.07) is 7.69. The number of phenolic OH excluding ortho intramolecular Hbond substituents is 1. The molecule has 0 unspecified atom stereocenters. The number of hydrogen-bond donors (Lipinski definition) is 2. The van der Waals surface area contributed by atoms with Crippen LogP contribution in [0.25, 0.3) is 10.9 Å². The quantitative estimate of drug-likeness (QED) is 0.803. The summed E-state index contributed by atoms with van der Waals surface area (Å²) in [4.78, 5) is 0. The minimum atomic E-state index is 0.345. The molecule has 15 heavy (non-hydrogen) atoms. The molecule has 0 aliphatic rings. The molecule has 0 atom stereocenters. The molecular weight excluding hydrogens is 188 g/mol. The summed E-state index contributed by atoms with van der Waals surface area (Å²) < 4.78 is 2.12. The molecular formula is C12H16N2O. The second-order valence-electron chi connectivity index (χ2n) is 3.79. The highest BCUT2D eigenvalue weighted by Crippen LogP contribution is 2.27. The molecule has 1 aromatic carbocycles. The van der Waals surface area contributed by atoms with Gasteiger partial charge in [0.25, 0.3) is 0 Å².